The van der Waals surface area contributed by atoms with E-state index in [1.165, 1.54) is 12.4 Å². The number of anilines is 1. The number of aromatic carboxylic acids is 1. The largest absolute Gasteiger partial charge is 0.476 e. The van der Waals surface area contributed by atoms with Gasteiger partial charge in [-0.25, -0.2) is 14.8 Å². The molecule has 0 aliphatic carbocycles. The third-order valence-corrected chi connectivity index (χ3v) is 1.62. The molecule has 0 saturated heterocycles. The van der Waals surface area contributed by atoms with Crippen molar-refractivity contribution in [1.82, 2.24) is 14.9 Å². The van der Waals surface area contributed by atoms with Crippen molar-refractivity contribution in [2.24, 2.45) is 0 Å². The predicted molar refractivity (Wildman–Crippen MR) is 56.2 cm³/mol. The monoisotopic (exact) mass is 224 g/mol. The summed E-state index contributed by atoms with van der Waals surface area (Å²) < 4.78 is 0. The van der Waals surface area contributed by atoms with Crippen LogP contribution in [0.5, 0.6) is 0 Å². The Bertz CT molecular complexity index is 405. The van der Waals surface area contributed by atoms with Crippen LogP contribution in [-0.2, 0) is 4.79 Å². The van der Waals surface area contributed by atoms with Crippen LogP contribution in [0.4, 0.5) is 5.82 Å². The molecule has 0 radical (unpaired) electrons. The maximum atomic E-state index is 11.4. The fourth-order valence-corrected chi connectivity index (χ4v) is 1.04. The number of hydrogen-bond acceptors (Lipinski definition) is 5. The molecule has 0 fully saturated rings. The molecular formula is C9H12N4O3. The molecule has 0 unspecified atom stereocenters. The summed E-state index contributed by atoms with van der Waals surface area (Å²) in [5.41, 5.74) is -0.269. The molecule has 0 aromatic carbocycles. The van der Waals surface area contributed by atoms with Gasteiger partial charge in [-0.05, 0) is 14.1 Å². The van der Waals surface area contributed by atoms with Gasteiger partial charge in [-0.15, -0.1) is 0 Å². The summed E-state index contributed by atoms with van der Waals surface area (Å²) in [6.07, 6.45) is 2.57. The number of aromatic nitrogens is 2. The minimum atomic E-state index is -1.23. The van der Waals surface area contributed by atoms with Crippen LogP contribution < -0.4 is 5.32 Å². The molecule has 1 amide bonds. The Hall–Kier alpha value is -2.02. The van der Waals surface area contributed by atoms with E-state index in [0.29, 0.717) is 0 Å². The quantitative estimate of drug-likeness (QED) is 0.727. The highest BCUT2D eigenvalue weighted by atomic mass is 16.4. The van der Waals surface area contributed by atoms with E-state index >= 15 is 0 Å². The molecule has 0 bridgehead atoms. The Labute approximate surface area is 92.1 Å². The van der Waals surface area contributed by atoms with E-state index in [4.69, 9.17) is 5.11 Å². The van der Waals surface area contributed by atoms with Gasteiger partial charge in [-0.1, -0.05) is 0 Å². The van der Waals surface area contributed by atoms with E-state index in [1.54, 1.807) is 19.0 Å². The van der Waals surface area contributed by atoms with Crippen molar-refractivity contribution in [3.8, 4) is 0 Å². The average Bonchev–Trinajstić information content (AvgIpc) is 2.16. The van der Waals surface area contributed by atoms with E-state index in [0.717, 1.165) is 0 Å². The Morgan fingerprint density at radius 3 is 2.56 bits per heavy atom. The fourth-order valence-electron chi connectivity index (χ4n) is 1.04. The van der Waals surface area contributed by atoms with Gasteiger partial charge in [-0.3, -0.25) is 4.79 Å². The first-order valence-electron chi connectivity index (χ1n) is 4.49. The zero-order valence-electron chi connectivity index (χ0n) is 8.97. The average molecular weight is 224 g/mol. The van der Waals surface area contributed by atoms with Gasteiger partial charge in [0.2, 0.25) is 5.91 Å². The lowest BCUT2D eigenvalue weighted by Gasteiger charge is -2.10. The Morgan fingerprint density at radius 2 is 2.00 bits per heavy atom. The minimum Gasteiger partial charge on any atom is -0.476 e. The molecule has 86 valence electrons. The zero-order valence-corrected chi connectivity index (χ0v) is 8.97. The lowest BCUT2D eigenvalue weighted by Crippen LogP contribution is -2.28. The number of nitrogens with one attached hydrogen (secondary N) is 1. The van der Waals surface area contributed by atoms with Gasteiger partial charge in [-0.2, -0.15) is 0 Å². The number of nitrogens with zero attached hydrogens (tertiary/aromatic N) is 3. The smallest absolute Gasteiger partial charge is 0.358 e. The molecule has 0 atom stereocenters. The Balaban J connectivity index is 2.81. The minimum absolute atomic E-state index is 0.0400. The summed E-state index contributed by atoms with van der Waals surface area (Å²) in [4.78, 5) is 31.2. The third kappa shape index (κ3) is 3.28. The SMILES string of the molecule is CN(C)CC(=O)Nc1nccnc1C(=O)O. The van der Waals surface area contributed by atoms with E-state index in [2.05, 4.69) is 15.3 Å². The zero-order chi connectivity index (χ0) is 12.1. The molecule has 0 spiro atoms. The van der Waals surface area contributed by atoms with Crippen LogP contribution in [0.1, 0.15) is 10.5 Å². The lowest BCUT2D eigenvalue weighted by molar-refractivity contribution is -0.116. The first kappa shape index (κ1) is 12.1. The van der Waals surface area contributed by atoms with Crippen LogP contribution in [0.25, 0.3) is 0 Å². The number of likely N-dealkylation sites (N-methyl/N-ethyl adjacent to an activating group) is 1. The van der Waals surface area contributed by atoms with Gasteiger partial charge < -0.3 is 15.3 Å². The van der Waals surface area contributed by atoms with Crippen molar-refractivity contribution in [2.75, 3.05) is 26.0 Å². The first-order valence-corrected chi connectivity index (χ1v) is 4.49. The van der Waals surface area contributed by atoms with Gasteiger partial charge >= 0.3 is 5.97 Å². The summed E-state index contributed by atoms with van der Waals surface area (Å²) >= 11 is 0. The molecule has 1 heterocycles. The number of amides is 1. The van der Waals surface area contributed by atoms with Gasteiger partial charge in [0, 0.05) is 12.4 Å². The molecule has 1 aromatic heterocycles. The van der Waals surface area contributed by atoms with Crippen LogP contribution in [0.2, 0.25) is 0 Å². The summed E-state index contributed by atoms with van der Waals surface area (Å²) in [5, 5.41) is 11.2. The maximum absolute atomic E-state index is 11.4. The highest BCUT2D eigenvalue weighted by molar-refractivity contribution is 5.98. The van der Waals surface area contributed by atoms with Crippen LogP contribution in [-0.4, -0.2) is 52.5 Å². The van der Waals surface area contributed by atoms with Crippen LogP contribution in [0.15, 0.2) is 12.4 Å². The molecule has 7 nitrogen and oxygen atoms in total. The van der Waals surface area contributed by atoms with Crippen molar-refractivity contribution >= 4 is 17.7 Å². The number of carboxylic acid groups (broad SMARTS) is 1. The van der Waals surface area contributed by atoms with Crippen LogP contribution in [0, 0.1) is 0 Å². The van der Waals surface area contributed by atoms with Gasteiger partial charge in [0.25, 0.3) is 0 Å². The lowest BCUT2D eigenvalue weighted by atomic mass is 10.4. The van der Waals surface area contributed by atoms with Crippen molar-refractivity contribution in [3.05, 3.63) is 18.1 Å². The number of rotatable bonds is 4. The van der Waals surface area contributed by atoms with Crippen LogP contribution in [0.3, 0.4) is 0 Å². The number of carbonyl (C=O) groups is 2. The molecule has 0 aliphatic heterocycles. The maximum Gasteiger partial charge on any atom is 0.358 e. The molecule has 1 rings (SSSR count). The molecule has 2 N–H and O–H groups in total. The van der Waals surface area contributed by atoms with Gasteiger partial charge in [0.05, 0.1) is 6.54 Å². The molecule has 16 heavy (non-hydrogen) atoms. The summed E-state index contributed by atoms with van der Waals surface area (Å²) in [6.45, 7) is 0.148. The topological polar surface area (TPSA) is 95.4 Å². The standard InChI is InChI=1S/C9H12N4O3/c1-13(2)5-6(14)12-8-7(9(15)16)10-3-4-11-8/h3-4H,5H2,1-2H3,(H,15,16)(H,11,12,14). The number of carbonyl (C=O) groups excluding carboxylic acids is 1. The van der Waals surface area contributed by atoms with Gasteiger partial charge in [0.1, 0.15) is 0 Å². The number of carboxylic acids is 1. The molecule has 7 heteroatoms. The molecular weight excluding hydrogens is 212 g/mol. The van der Waals surface area contributed by atoms with Crippen molar-refractivity contribution in [3.63, 3.8) is 0 Å². The second-order valence-electron chi connectivity index (χ2n) is 3.34. The van der Waals surface area contributed by atoms with Crippen molar-refractivity contribution < 1.29 is 14.7 Å². The third-order valence-electron chi connectivity index (χ3n) is 1.62. The van der Waals surface area contributed by atoms with Crippen LogP contribution >= 0.6 is 0 Å². The number of hydrogen-bond donors (Lipinski definition) is 2. The van der Waals surface area contributed by atoms with Crippen molar-refractivity contribution in [2.45, 2.75) is 0 Å². The first-order chi connectivity index (χ1) is 7.50. The predicted octanol–water partition coefficient (Wildman–Crippen LogP) is -0.325. The molecule has 1 aromatic rings. The summed E-state index contributed by atoms with van der Waals surface area (Å²) in [7, 11) is 3.46. The van der Waals surface area contributed by atoms with E-state index in [9.17, 15) is 9.59 Å². The summed E-state index contributed by atoms with van der Waals surface area (Å²) in [5.74, 6) is -1.61. The van der Waals surface area contributed by atoms with E-state index in [1.807, 2.05) is 0 Å². The molecule has 0 aliphatic rings. The van der Waals surface area contributed by atoms with E-state index in [-0.39, 0.29) is 24.0 Å². The van der Waals surface area contributed by atoms with Gasteiger partial charge in [0.15, 0.2) is 11.5 Å². The molecule has 0 saturated carbocycles. The Morgan fingerprint density at radius 1 is 1.38 bits per heavy atom. The Kier molecular flexibility index (Phi) is 3.90. The summed E-state index contributed by atoms with van der Waals surface area (Å²) in [6, 6.07) is 0. The fraction of sp³-hybridized carbons (Fsp3) is 0.333. The highest BCUT2D eigenvalue weighted by Crippen LogP contribution is 2.07. The normalized spacial score (nSPS) is 10.2. The van der Waals surface area contributed by atoms with Crippen molar-refractivity contribution in [1.29, 1.82) is 0 Å². The second-order valence-corrected chi connectivity index (χ2v) is 3.34. The second kappa shape index (κ2) is 5.17. The highest BCUT2D eigenvalue weighted by Gasteiger charge is 2.14. The van der Waals surface area contributed by atoms with E-state index < -0.39 is 5.97 Å².